The summed E-state index contributed by atoms with van der Waals surface area (Å²) in [6.07, 6.45) is -0.335. The number of rotatable bonds is 5. The van der Waals surface area contributed by atoms with Crippen LogP contribution in [0, 0.1) is 6.92 Å². The maximum absolute atomic E-state index is 9.24. The molecule has 0 heterocycles. The van der Waals surface area contributed by atoms with E-state index < -0.39 is 0 Å². The van der Waals surface area contributed by atoms with Crippen LogP contribution in [0.4, 0.5) is 0 Å². The highest BCUT2D eigenvalue weighted by atomic mass is 16.5. The standard InChI is InChI=1S/C13H21NO2/c1-9-5-6-13(16-4)12(7-9)11(3)14-8-10(2)15/h5-7,10-11,14-15H,8H2,1-4H3/t10-,11?/m0/s1. The molecular weight excluding hydrogens is 202 g/mol. The molecule has 0 aromatic heterocycles. The van der Waals surface area contributed by atoms with Gasteiger partial charge in [0.1, 0.15) is 5.75 Å². The molecule has 0 radical (unpaired) electrons. The Morgan fingerprint density at radius 2 is 2.06 bits per heavy atom. The fourth-order valence-corrected chi connectivity index (χ4v) is 1.65. The van der Waals surface area contributed by atoms with Crippen molar-refractivity contribution in [2.45, 2.75) is 32.9 Å². The number of benzene rings is 1. The molecule has 2 atom stereocenters. The molecule has 0 amide bonds. The van der Waals surface area contributed by atoms with Gasteiger partial charge in [-0.15, -0.1) is 0 Å². The smallest absolute Gasteiger partial charge is 0.123 e. The zero-order valence-corrected chi connectivity index (χ0v) is 10.4. The van der Waals surface area contributed by atoms with Crippen LogP contribution in [0.3, 0.4) is 0 Å². The normalized spacial score (nSPS) is 14.6. The number of aryl methyl sites for hydroxylation is 1. The van der Waals surface area contributed by atoms with Gasteiger partial charge in [-0.3, -0.25) is 0 Å². The molecule has 1 unspecified atom stereocenters. The predicted molar refractivity (Wildman–Crippen MR) is 65.8 cm³/mol. The second kappa shape index (κ2) is 5.87. The van der Waals surface area contributed by atoms with Crippen molar-refractivity contribution in [3.05, 3.63) is 29.3 Å². The SMILES string of the molecule is COc1ccc(C)cc1C(C)NC[C@H](C)O. The van der Waals surface area contributed by atoms with E-state index in [1.54, 1.807) is 14.0 Å². The van der Waals surface area contributed by atoms with E-state index in [9.17, 15) is 5.11 Å². The maximum atomic E-state index is 9.24. The van der Waals surface area contributed by atoms with E-state index in [1.807, 2.05) is 12.1 Å². The molecule has 16 heavy (non-hydrogen) atoms. The summed E-state index contributed by atoms with van der Waals surface area (Å²) in [6, 6.07) is 6.29. The molecule has 1 aromatic carbocycles. The van der Waals surface area contributed by atoms with E-state index in [0.717, 1.165) is 11.3 Å². The summed E-state index contributed by atoms with van der Waals surface area (Å²) in [5.41, 5.74) is 2.34. The van der Waals surface area contributed by atoms with Gasteiger partial charge in [0.05, 0.1) is 13.2 Å². The quantitative estimate of drug-likeness (QED) is 0.802. The third-order valence-electron chi connectivity index (χ3n) is 2.57. The van der Waals surface area contributed by atoms with Crippen molar-refractivity contribution < 1.29 is 9.84 Å². The van der Waals surface area contributed by atoms with Crippen LogP contribution < -0.4 is 10.1 Å². The van der Waals surface area contributed by atoms with Crippen LogP contribution in [-0.4, -0.2) is 24.9 Å². The summed E-state index contributed by atoms with van der Waals surface area (Å²) in [5, 5.41) is 12.5. The minimum atomic E-state index is -0.335. The largest absolute Gasteiger partial charge is 0.496 e. The Labute approximate surface area is 97.4 Å². The van der Waals surface area contributed by atoms with Crippen molar-refractivity contribution in [1.82, 2.24) is 5.32 Å². The Kier molecular flexibility index (Phi) is 4.77. The van der Waals surface area contributed by atoms with Crippen molar-refractivity contribution in [3.63, 3.8) is 0 Å². The zero-order valence-electron chi connectivity index (χ0n) is 10.4. The number of aliphatic hydroxyl groups is 1. The Morgan fingerprint density at radius 3 is 2.62 bits per heavy atom. The number of nitrogens with one attached hydrogen (secondary N) is 1. The Balaban J connectivity index is 2.80. The molecule has 2 N–H and O–H groups in total. The fraction of sp³-hybridized carbons (Fsp3) is 0.538. The molecule has 0 saturated heterocycles. The van der Waals surface area contributed by atoms with E-state index in [-0.39, 0.29) is 12.1 Å². The Bertz CT molecular complexity index is 337. The topological polar surface area (TPSA) is 41.5 Å². The third-order valence-corrected chi connectivity index (χ3v) is 2.57. The molecular formula is C13H21NO2. The Hall–Kier alpha value is -1.06. The average molecular weight is 223 g/mol. The molecule has 0 aliphatic rings. The molecule has 0 aliphatic carbocycles. The summed E-state index contributed by atoms with van der Waals surface area (Å²) in [5.74, 6) is 0.885. The molecule has 90 valence electrons. The fourth-order valence-electron chi connectivity index (χ4n) is 1.65. The zero-order chi connectivity index (χ0) is 12.1. The number of methoxy groups -OCH3 is 1. The highest BCUT2D eigenvalue weighted by Crippen LogP contribution is 2.25. The third kappa shape index (κ3) is 3.51. The summed E-state index contributed by atoms with van der Waals surface area (Å²) >= 11 is 0. The molecule has 0 fully saturated rings. The lowest BCUT2D eigenvalue weighted by Gasteiger charge is -2.18. The van der Waals surface area contributed by atoms with Crippen molar-refractivity contribution in [2.24, 2.45) is 0 Å². The van der Waals surface area contributed by atoms with Crippen LogP contribution in [0.15, 0.2) is 18.2 Å². The second-order valence-electron chi connectivity index (χ2n) is 4.22. The average Bonchev–Trinajstić information content (AvgIpc) is 2.25. The van der Waals surface area contributed by atoms with Gasteiger partial charge in [-0.2, -0.15) is 0 Å². The first-order valence-electron chi connectivity index (χ1n) is 5.60. The lowest BCUT2D eigenvalue weighted by Crippen LogP contribution is -2.27. The minimum absolute atomic E-state index is 0.171. The minimum Gasteiger partial charge on any atom is -0.496 e. The highest BCUT2D eigenvalue weighted by molar-refractivity contribution is 5.38. The summed E-state index contributed by atoms with van der Waals surface area (Å²) in [4.78, 5) is 0. The van der Waals surface area contributed by atoms with Crippen LogP contribution in [-0.2, 0) is 0 Å². The van der Waals surface area contributed by atoms with Crippen LogP contribution in [0.5, 0.6) is 5.75 Å². The van der Waals surface area contributed by atoms with Gasteiger partial charge < -0.3 is 15.2 Å². The summed E-state index contributed by atoms with van der Waals surface area (Å²) in [7, 11) is 1.68. The van der Waals surface area contributed by atoms with Gasteiger partial charge in [-0.25, -0.2) is 0 Å². The van der Waals surface area contributed by atoms with Crippen LogP contribution in [0.25, 0.3) is 0 Å². The molecule has 1 rings (SSSR count). The van der Waals surface area contributed by atoms with E-state index in [4.69, 9.17) is 4.74 Å². The monoisotopic (exact) mass is 223 g/mol. The lowest BCUT2D eigenvalue weighted by atomic mass is 10.0. The van der Waals surface area contributed by atoms with Crippen molar-refractivity contribution in [3.8, 4) is 5.75 Å². The molecule has 0 aliphatic heterocycles. The molecule has 0 spiro atoms. The first-order valence-corrected chi connectivity index (χ1v) is 5.60. The molecule has 0 bridgehead atoms. The van der Waals surface area contributed by atoms with Gasteiger partial charge in [0, 0.05) is 18.2 Å². The maximum Gasteiger partial charge on any atom is 0.123 e. The number of ether oxygens (including phenoxy) is 1. The summed E-state index contributed by atoms with van der Waals surface area (Å²) in [6.45, 7) is 6.48. The Morgan fingerprint density at radius 1 is 1.38 bits per heavy atom. The van der Waals surface area contributed by atoms with Crippen LogP contribution in [0.1, 0.15) is 31.0 Å². The second-order valence-corrected chi connectivity index (χ2v) is 4.22. The van der Waals surface area contributed by atoms with E-state index in [1.165, 1.54) is 5.56 Å². The van der Waals surface area contributed by atoms with Gasteiger partial charge in [-0.05, 0) is 26.8 Å². The van der Waals surface area contributed by atoms with Crippen molar-refractivity contribution in [1.29, 1.82) is 0 Å². The van der Waals surface area contributed by atoms with E-state index in [2.05, 4.69) is 25.2 Å². The number of hydrogen-bond donors (Lipinski definition) is 2. The van der Waals surface area contributed by atoms with Crippen LogP contribution in [0.2, 0.25) is 0 Å². The van der Waals surface area contributed by atoms with Crippen LogP contribution >= 0.6 is 0 Å². The van der Waals surface area contributed by atoms with Gasteiger partial charge >= 0.3 is 0 Å². The van der Waals surface area contributed by atoms with E-state index >= 15 is 0 Å². The molecule has 3 nitrogen and oxygen atoms in total. The van der Waals surface area contributed by atoms with Crippen molar-refractivity contribution in [2.75, 3.05) is 13.7 Å². The number of aliphatic hydroxyl groups excluding tert-OH is 1. The summed E-state index contributed by atoms with van der Waals surface area (Å²) < 4.78 is 5.33. The lowest BCUT2D eigenvalue weighted by molar-refractivity contribution is 0.187. The first kappa shape index (κ1) is 13.0. The highest BCUT2D eigenvalue weighted by Gasteiger charge is 2.11. The molecule has 3 heteroatoms. The molecule has 0 saturated carbocycles. The predicted octanol–water partition coefficient (Wildman–Crippen LogP) is 2.04. The van der Waals surface area contributed by atoms with Gasteiger partial charge in [0.25, 0.3) is 0 Å². The van der Waals surface area contributed by atoms with Crippen molar-refractivity contribution >= 4 is 0 Å². The van der Waals surface area contributed by atoms with Gasteiger partial charge in [0.2, 0.25) is 0 Å². The molecule has 1 aromatic rings. The van der Waals surface area contributed by atoms with E-state index in [0.29, 0.717) is 6.54 Å². The first-order chi connectivity index (χ1) is 7.54. The van der Waals surface area contributed by atoms with Gasteiger partial charge in [0.15, 0.2) is 0 Å². The van der Waals surface area contributed by atoms with Gasteiger partial charge in [-0.1, -0.05) is 17.7 Å². The number of hydrogen-bond acceptors (Lipinski definition) is 3.